The first-order chi connectivity index (χ1) is 6.50. The van der Waals surface area contributed by atoms with Crippen molar-refractivity contribution in [3.8, 4) is 0 Å². The van der Waals surface area contributed by atoms with Crippen molar-refractivity contribution >= 4 is 0 Å². The predicted octanol–water partition coefficient (Wildman–Crippen LogP) is 1.75. The van der Waals surface area contributed by atoms with E-state index < -0.39 is 11.7 Å². The van der Waals surface area contributed by atoms with E-state index in [4.69, 9.17) is 0 Å². The minimum Gasteiger partial charge on any atom is -0.390 e. The van der Waals surface area contributed by atoms with Gasteiger partial charge in [0.15, 0.2) is 0 Å². The second-order valence-corrected chi connectivity index (χ2v) is 4.19. The third kappa shape index (κ3) is 3.48. The van der Waals surface area contributed by atoms with Crippen molar-refractivity contribution in [3.05, 3.63) is 35.9 Å². The second-order valence-electron chi connectivity index (χ2n) is 4.19. The van der Waals surface area contributed by atoms with E-state index in [1.807, 2.05) is 30.3 Å². The van der Waals surface area contributed by atoms with Crippen LogP contribution in [0, 0.1) is 0 Å². The Morgan fingerprint density at radius 2 is 1.79 bits per heavy atom. The smallest absolute Gasteiger partial charge is 0.0849 e. The molecule has 0 aliphatic heterocycles. The molecule has 0 aromatic heterocycles. The molecule has 0 bridgehead atoms. The van der Waals surface area contributed by atoms with E-state index in [0.29, 0.717) is 6.42 Å². The summed E-state index contributed by atoms with van der Waals surface area (Å²) >= 11 is 0. The maximum Gasteiger partial charge on any atom is 0.0849 e. The van der Waals surface area contributed by atoms with E-state index in [9.17, 15) is 10.2 Å². The Bertz CT molecular complexity index is 261. The van der Waals surface area contributed by atoms with Crippen LogP contribution in [0.5, 0.6) is 0 Å². The van der Waals surface area contributed by atoms with Crippen molar-refractivity contribution in [2.45, 2.75) is 38.4 Å². The summed E-state index contributed by atoms with van der Waals surface area (Å²) in [7, 11) is 0. The SMILES string of the molecule is CC(C)(O)C(O)CCc1ccccc1. The molecule has 14 heavy (non-hydrogen) atoms. The molecule has 1 aromatic carbocycles. The number of aryl methyl sites for hydroxylation is 1. The fourth-order valence-corrected chi connectivity index (χ4v) is 1.30. The van der Waals surface area contributed by atoms with Crippen LogP contribution in [-0.2, 0) is 6.42 Å². The summed E-state index contributed by atoms with van der Waals surface area (Å²) in [6.45, 7) is 3.26. The molecule has 78 valence electrons. The summed E-state index contributed by atoms with van der Waals surface area (Å²) < 4.78 is 0. The van der Waals surface area contributed by atoms with Gasteiger partial charge in [-0.05, 0) is 32.3 Å². The van der Waals surface area contributed by atoms with Gasteiger partial charge in [-0.2, -0.15) is 0 Å². The van der Waals surface area contributed by atoms with E-state index >= 15 is 0 Å². The molecular formula is C12H18O2. The van der Waals surface area contributed by atoms with Crippen LogP contribution in [0.15, 0.2) is 30.3 Å². The van der Waals surface area contributed by atoms with Gasteiger partial charge in [0.2, 0.25) is 0 Å². The van der Waals surface area contributed by atoms with Gasteiger partial charge in [0, 0.05) is 0 Å². The molecule has 1 aromatic rings. The first-order valence-electron chi connectivity index (χ1n) is 4.94. The highest BCUT2D eigenvalue weighted by Crippen LogP contribution is 2.14. The quantitative estimate of drug-likeness (QED) is 0.766. The van der Waals surface area contributed by atoms with E-state index in [1.165, 1.54) is 5.56 Å². The standard InChI is InChI=1S/C12H18O2/c1-12(2,14)11(13)9-8-10-6-4-3-5-7-10/h3-7,11,13-14H,8-9H2,1-2H3. The first kappa shape index (κ1) is 11.2. The monoisotopic (exact) mass is 194 g/mol. The molecule has 0 spiro atoms. The van der Waals surface area contributed by atoms with Crippen LogP contribution in [-0.4, -0.2) is 21.9 Å². The highest BCUT2D eigenvalue weighted by atomic mass is 16.3. The molecule has 1 rings (SSSR count). The van der Waals surface area contributed by atoms with E-state index in [2.05, 4.69) is 0 Å². The molecule has 1 unspecified atom stereocenters. The number of aliphatic hydroxyl groups is 2. The first-order valence-corrected chi connectivity index (χ1v) is 4.94. The topological polar surface area (TPSA) is 40.5 Å². The molecule has 0 amide bonds. The Labute approximate surface area is 85.2 Å². The van der Waals surface area contributed by atoms with Crippen LogP contribution < -0.4 is 0 Å². The Hall–Kier alpha value is -0.860. The molecule has 1 atom stereocenters. The van der Waals surface area contributed by atoms with Crippen molar-refractivity contribution < 1.29 is 10.2 Å². The van der Waals surface area contributed by atoms with E-state index in [1.54, 1.807) is 13.8 Å². The van der Waals surface area contributed by atoms with Gasteiger partial charge in [-0.15, -0.1) is 0 Å². The number of hydrogen-bond acceptors (Lipinski definition) is 2. The second kappa shape index (κ2) is 4.58. The summed E-state index contributed by atoms with van der Waals surface area (Å²) in [4.78, 5) is 0. The van der Waals surface area contributed by atoms with Crippen LogP contribution in [0.2, 0.25) is 0 Å². The Morgan fingerprint density at radius 1 is 1.21 bits per heavy atom. The number of benzene rings is 1. The van der Waals surface area contributed by atoms with Crippen LogP contribution >= 0.6 is 0 Å². The minimum absolute atomic E-state index is 0.591. The number of hydrogen-bond donors (Lipinski definition) is 2. The highest BCUT2D eigenvalue weighted by molar-refractivity contribution is 5.14. The van der Waals surface area contributed by atoms with Gasteiger partial charge < -0.3 is 10.2 Å². The molecule has 2 N–H and O–H groups in total. The summed E-state index contributed by atoms with van der Waals surface area (Å²) in [6, 6.07) is 9.97. The van der Waals surface area contributed by atoms with Crippen LogP contribution in [0.25, 0.3) is 0 Å². The zero-order valence-corrected chi connectivity index (χ0v) is 8.77. The van der Waals surface area contributed by atoms with Crippen LogP contribution in [0.3, 0.4) is 0 Å². The van der Waals surface area contributed by atoms with Gasteiger partial charge in [0.1, 0.15) is 0 Å². The third-order valence-electron chi connectivity index (χ3n) is 2.36. The van der Waals surface area contributed by atoms with Crippen LogP contribution in [0.1, 0.15) is 25.8 Å². The average Bonchev–Trinajstić information content (AvgIpc) is 2.14. The maximum atomic E-state index is 9.60. The summed E-state index contributed by atoms with van der Waals surface area (Å²) in [5, 5.41) is 19.1. The fraction of sp³-hybridized carbons (Fsp3) is 0.500. The Morgan fingerprint density at radius 3 is 2.29 bits per heavy atom. The van der Waals surface area contributed by atoms with Gasteiger partial charge >= 0.3 is 0 Å². The fourth-order valence-electron chi connectivity index (χ4n) is 1.30. The number of rotatable bonds is 4. The molecule has 0 aliphatic rings. The van der Waals surface area contributed by atoms with E-state index in [0.717, 1.165) is 6.42 Å². The maximum absolute atomic E-state index is 9.60. The minimum atomic E-state index is -1.01. The van der Waals surface area contributed by atoms with Gasteiger partial charge in [0.25, 0.3) is 0 Å². The lowest BCUT2D eigenvalue weighted by atomic mass is 9.96. The number of aliphatic hydroxyl groups excluding tert-OH is 1. The lowest BCUT2D eigenvalue weighted by Gasteiger charge is -2.24. The third-order valence-corrected chi connectivity index (χ3v) is 2.36. The molecule has 0 fully saturated rings. The van der Waals surface area contributed by atoms with Crippen molar-refractivity contribution in [2.24, 2.45) is 0 Å². The van der Waals surface area contributed by atoms with Gasteiger partial charge in [0.05, 0.1) is 11.7 Å². The van der Waals surface area contributed by atoms with Gasteiger partial charge in [-0.3, -0.25) is 0 Å². The Kier molecular flexibility index (Phi) is 3.67. The molecular weight excluding hydrogens is 176 g/mol. The van der Waals surface area contributed by atoms with Crippen LogP contribution in [0.4, 0.5) is 0 Å². The normalized spacial score (nSPS) is 14.0. The highest BCUT2D eigenvalue weighted by Gasteiger charge is 2.23. The van der Waals surface area contributed by atoms with Gasteiger partial charge in [-0.25, -0.2) is 0 Å². The molecule has 2 nitrogen and oxygen atoms in total. The molecule has 2 heteroatoms. The largest absolute Gasteiger partial charge is 0.390 e. The predicted molar refractivity (Wildman–Crippen MR) is 57.1 cm³/mol. The summed E-state index contributed by atoms with van der Waals surface area (Å²) in [5.74, 6) is 0. The van der Waals surface area contributed by atoms with Crippen molar-refractivity contribution in [1.82, 2.24) is 0 Å². The molecule has 0 saturated carbocycles. The molecule has 0 radical (unpaired) electrons. The molecule has 0 saturated heterocycles. The molecule has 0 aliphatic carbocycles. The zero-order valence-electron chi connectivity index (χ0n) is 8.77. The molecule has 0 heterocycles. The van der Waals surface area contributed by atoms with Crippen molar-refractivity contribution in [2.75, 3.05) is 0 Å². The van der Waals surface area contributed by atoms with E-state index in [-0.39, 0.29) is 0 Å². The van der Waals surface area contributed by atoms with Crippen molar-refractivity contribution in [3.63, 3.8) is 0 Å². The van der Waals surface area contributed by atoms with Gasteiger partial charge in [-0.1, -0.05) is 30.3 Å². The average molecular weight is 194 g/mol. The summed E-state index contributed by atoms with van der Waals surface area (Å²) in [5.41, 5.74) is 0.185. The zero-order chi connectivity index (χ0) is 10.6. The Balaban J connectivity index is 2.42. The lowest BCUT2D eigenvalue weighted by Crippen LogP contribution is -2.36. The van der Waals surface area contributed by atoms with Crippen molar-refractivity contribution in [1.29, 1.82) is 0 Å². The summed E-state index contributed by atoms with van der Waals surface area (Å²) in [6.07, 6.45) is 0.724. The lowest BCUT2D eigenvalue weighted by molar-refractivity contribution is -0.0509.